The first-order chi connectivity index (χ1) is 5.38. The van der Waals surface area contributed by atoms with Crippen molar-refractivity contribution in [1.29, 1.82) is 0 Å². The molecule has 11 heavy (non-hydrogen) atoms. The number of β-amino-alcohol motifs (C(OH)–C–C–N with tert-alkyl or cyclic N) is 1. The molecule has 0 unspecified atom stereocenters. The molecular weight excluding hydrogens is 138 g/mol. The van der Waals surface area contributed by atoms with E-state index in [1.54, 1.807) is 0 Å². The van der Waals surface area contributed by atoms with Crippen LogP contribution in [0, 0.1) is 0 Å². The Bertz CT molecular complexity index is 93.7. The molecular formula is C9H19NO. The maximum Gasteiger partial charge on any atom is 0.0558 e. The van der Waals surface area contributed by atoms with Crippen LogP contribution >= 0.6 is 0 Å². The minimum absolute atomic E-state index is 0.320. The number of nitrogens with zero attached hydrogens (tertiary/aromatic N) is 1. The summed E-state index contributed by atoms with van der Waals surface area (Å²) < 4.78 is 0. The number of aliphatic hydroxyl groups excluding tert-OH is 1. The van der Waals surface area contributed by atoms with Crippen molar-refractivity contribution >= 4 is 0 Å². The van der Waals surface area contributed by atoms with E-state index in [0.29, 0.717) is 6.61 Å². The van der Waals surface area contributed by atoms with Crippen LogP contribution < -0.4 is 0 Å². The highest BCUT2D eigenvalue weighted by molar-refractivity contribution is 4.78. The molecule has 0 saturated carbocycles. The average molecular weight is 157 g/mol. The number of aliphatic hydroxyl groups is 1. The zero-order valence-electron chi connectivity index (χ0n) is 7.42. The van der Waals surface area contributed by atoms with Gasteiger partial charge in [-0.2, -0.15) is 0 Å². The van der Waals surface area contributed by atoms with Crippen LogP contribution in [0.15, 0.2) is 0 Å². The second-order valence-electron chi connectivity index (χ2n) is 3.34. The molecule has 0 amide bonds. The second-order valence-corrected chi connectivity index (χ2v) is 3.34. The summed E-state index contributed by atoms with van der Waals surface area (Å²) in [6.45, 7) is 4.63. The molecule has 1 saturated heterocycles. The molecule has 1 atom stereocenters. The number of hydrogen-bond donors (Lipinski definition) is 1. The molecule has 1 aliphatic heterocycles. The topological polar surface area (TPSA) is 23.5 Å². The molecule has 1 heterocycles. The monoisotopic (exact) mass is 157 g/mol. The molecule has 2 nitrogen and oxygen atoms in total. The molecule has 1 N–H and O–H groups in total. The molecule has 2 heteroatoms. The summed E-state index contributed by atoms with van der Waals surface area (Å²) in [5, 5.41) is 8.77. The normalized spacial score (nSPS) is 26.2. The molecule has 0 spiro atoms. The van der Waals surface area contributed by atoms with E-state index in [4.69, 9.17) is 5.11 Å². The van der Waals surface area contributed by atoms with E-state index in [-0.39, 0.29) is 0 Å². The maximum atomic E-state index is 8.77. The van der Waals surface area contributed by atoms with E-state index >= 15 is 0 Å². The molecule has 0 aromatic carbocycles. The summed E-state index contributed by atoms with van der Waals surface area (Å²) in [5.41, 5.74) is 0. The zero-order chi connectivity index (χ0) is 8.10. The third kappa shape index (κ3) is 2.46. The SMILES string of the molecule is CCC[C@@H]1CCCN1CCO. The molecule has 0 aromatic heterocycles. The van der Waals surface area contributed by atoms with Crippen molar-refractivity contribution in [3.8, 4) is 0 Å². The summed E-state index contributed by atoms with van der Waals surface area (Å²) in [6.07, 6.45) is 5.24. The zero-order valence-corrected chi connectivity index (χ0v) is 7.42. The van der Waals surface area contributed by atoms with Gasteiger partial charge in [-0.3, -0.25) is 4.90 Å². The van der Waals surface area contributed by atoms with Gasteiger partial charge in [0.1, 0.15) is 0 Å². The van der Waals surface area contributed by atoms with Crippen molar-refractivity contribution < 1.29 is 5.11 Å². The highest BCUT2D eigenvalue weighted by atomic mass is 16.3. The van der Waals surface area contributed by atoms with Gasteiger partial charge in [0, 0.05) is 12.6 Å². The Morgan fingerprint density at radius 1 is 1.55 bits per heavy atom. The fourth-order valence-corrected chi connectivity index (χ4v) is 1.98. The van der Waals surface area contributed by atoms with Gasteiger partial charge in [0.05, 0.1) is 6.61 Å². The van der Waals surface area contributed by atoms with E-state index in [9.17, 15) is 0 Å². The van der Waals surface area contributed by atoms with Gasteiger partial charge in [0.2, 0.25) is 0 Å². The van der Waals surface area contributed by atoms with Crippen LogP contribution in [0.4, 0.5) is 0 Å². The van der Waals surface area contributed by atoms with E-state index < -0.39 is 0 Å². The molecule has 0 aliphatic carbocycles. The first-order valence-electron chi connectivity index (χ1n) is 4.73. The first-order valence-corrected chi connectivity index (χ1v) is 4.73. The third-order valence-corrected chi connectivity index (χ3v) is 2.51. The predicted molar refractivity (Wildman–Crippen MR) is 46.6 cm³/mol. The smallest absolute Gasteiger partial charge is 0.0558 e. The largest absolute Gasteiger partial charge is 0.395 e. The van der Waals surface area contributed by atoms with Gasteiger partial charge in [-0.1, -0.05) is 13.3 Å². The van der Waals surface area contributed by atoms with Crippen LogP contribution in [0.3, 0.4) is 0 Å². The number of rotatable bonds is 4. The van der Waals surface area contributed by atoms with Gasteiger partial charge in [-0.05, 0) is 25.8 Å². The lowest BCUT2D eigenvalue weighted by Crippen LogP contribution is -2.31. The Kier molecular flexibility index (Phi) is 3.87. The molecule has 1 rings (SSSR count). The van der Waals surface area contributed by atoms with Gasteiger partial charge < -0.3 is 5.11 Å². The number of likely N-dealkylation sites (tertiary alicyclic amines) is 1. The molecule has 0 aromatic rings. The van der Waals surface area contributed by atoms with Crippen LogP contribution in [0.5, 0.6) is 0 Å². The Morgan fingerprint density at radius 3 is 3.00 bits per heavy atom. The highest BCUT2D eigenvalue weighted by Gasteiger charge is 2.22. The van der Waals surface area contributed by atoms with Crippen molar-refractivity contribution in [3.63, 3.8) is 0 Å². The Balaban J connectivity index is 2.25. The van der Waals surface area contributed by atoms with Gasteiger partial charge in [0.15, 0.2) is 0 Å². The summed E-state index contributed by atoms with van der Waals surface area (Å²) in [7, 11) is 0. The van der Waals surface area contributed by atoms with Crippen LogP contribution in [0.25, 0.3) is 0 Å². The molecule has 1 fully saturated rings. The van der Waals surface area contributed by atoms with E-state index in [0.717, 1.165) is 12.6 Å². The van der Waals surface area contributed by atoms with Crippen molar-refractivity contribution in [3.05, 3.63) is 0 Å². The van der Waals surface area contributed by atoms with Crippen LogP contribution in [-0.2, 0) is 0 Å². The lowest BCUT2D eigenvalue weighted by molar-refractivity contribution is 0.179. The van der Waals surface area contributed by atoms with Crippen LogP contribution in [-0.4, -0.2) is 35.7 Å². The van der Waals surface area contributed by atoms with Crippen LogP contribution in [0.2, 0.25) is 0 Å². The van der Waals surface area contributed by atoms with Gasteiger partial charge >= 0.3 is 0 Å². The van der Waals surface area contributed by atoms with Crippen molar-refractivity contribution in [1.82, 2.24) is 4.90 Å². The van der Waals surface area contributed by atoms with Gasteiger partial charge in [-0.25, -0.2) is 0 Å². The first kappa shape index (κ1) is 9.01. The Labute approximate surface area is 69.2 Å². The van der Waals surface area contributed by atoms with Gasteiger partial charge in [-0.15, -0.1) is 0 Å². The second kappa shape index (κ2) is 4.73. The minimum Gasteiger partial charge on any atom is -0.395 e. The Hall–Kier alpha value is -0.0800. The van der Waals surface area contributed by atoms with Crippen molar-refractivity contribution in [2.45, 2.75) is 38.6 Å². The average Bonchev–Trinajstić information content (AvgIpc) is 2.39. The standard InChI is InChI=1S/C9H19NO/c1-2-4-9-5-3-6-10(9)7-8-11/h9,11H,2-8H2,1H3/t9-/m1/s1. The third-order valence-electron chi connectivity index (χ3n) is 2.51. The highest BCUT2D eigenvalue weighted by Crippen LogP contribution is 2.20. The quantitative estimate of drug-likeness (QED) is 0.663. The molecule has 0 bridgehead atoms. The fourth-order valence-electron chi connectivity index (χ4n) is 1.98. The van der Waals surface area contributed by atoms with E-state index in [1.165, 1.54) is 32.2 Å². The summed E-state index contributed by atoms with van der Waals surface area (Å²) in [4.78, 5) is 2.42. The minimum atomic E-state index is 0.320. The lowest BCUT2D eigenvalue weighted by Gasteiger charge is -2.22. The van der Waals surface area contributed by atoms with Crippen molar-refractivity contribution in [2.24, 2.45) is 0 Å². The van der Waals surface area contributed by atoms with Crippen LogP contribution in [0.1, 0.15) is 32.6 Å². The predicted octanol–water partition coefficient (Wildman–Crippen LogP) is 1.24. The van der Waals surface area contributed by atoms with Crippen molar-refractivity contribution in [2.75, 3.05) is 19.7 Å². The number of hydrogen-bond acceptors (Lipinski definition) is 2. The fraction of sp³-hybridized carbons (Fsp3) is 1.00. The lowest BCUT2D eigenvalue weighted by atomic mass is 10.1. The maximum absolute atomic E-state index is 8.77. The molecule has 0 radical (unpaired) electrons. The Morgan fingerprint density at radius 2 is 2.36 bits per heavy atom. The summed E-state index contributed by atoms with van der Waals surface area (Å²) in [6, 6.07) is 0.771. The van der Waals surface area contributed by atoms with Gasteiger partial charge in [0.25, 0.3) is 0 Å². The summed E-state index contributed by atoms with van der Waals surface area (Å²) >= 11 is 0. The summed E-state index contributed by atoms with van der Waals surface area (Å²) in [5.74, 6) is 0. The van der Waals surface area contributed by atoms with E-state index in [2.05, 4.69) is 11.8 Å². The van der Waals surface area contributed by atoms with E-state index in [1.807, 2.05) is 0 Å². The molecule has 1 aliphatic rings. The molecule has 66 valence electrons.